The lowest BCUT2D eigenvalue weighted by Gasteiger charge is -2.44. The largest absolute Gasteiger partial charge is 0.444 e. The molecule has 3 heterocycles. The highest BCUT2D eigenvalue weighted by Crippen LogP contribution is 2.47. The van der Waals surface area contributed by atoms with E-state index in [1.54, 1.807) is 41.5 Å². The molecule has 0 saturated heterocycles. The zero-order valence-electron chi connectivity index (χ0n) is 23.0. The monoisotopic (exact) mass is 588 g/mol. The van der Waals surface area contributed by atoms with Crippen LogP contribution in [0.2, 0.25) is 5.02 Å². The average molecular weight is 589 g/mol. The molecule has 0 unspecified atom stereocenters. The summed E-state index contributed by atoms with van der Waals surface area (Å²) in [5, 5.41) is 13.6. The average Bonchev–Trinajstić information content (AvgIpc) is 3.27. The van der Waals surface area contributed by atoms with Crippen LogP contribution in [-0.4, -0.2) is 49.2 Å². The molecule has 0 bridgehead atoms. The molecule has 0 spiro atoms. The number of hydrogen-bond donors (Lipinski definition) is 2. The van der Waals surface area contributed by atoms with Crippen LogP contribution in [0.15, 0.2) is 39.7 Å². The molecule has 13 heteroatoms. The predicted octanol–water partition coefficient (Wildman–Crippen LogP) is 5.17. The van der Waals surface area contributed by atoms with Crippen LogP contribution in [0, 0.1) is 17.1 Å². The summed E-state index contributed by atoms with van der Waals surface area (Å²) in [7, 11) is -3.09. The van der Waals surface area contributed by atoms with Gasteiger partial charge in [0.1, 0.15) is 39.1 Å². The standard InChI is InChI=1S/C27H30ClFN6O4S/c1-25(2,3)39-24(37)34-23-26(4,5)40(38)19(11-12-31-40)27(6,35-23)21-18(29)9-10-20(32-21)33-22(36)16-8-7-15(14-30)13-17(16)28/h7-10,13,19H,11-12H2,1-6H3,(H,32,33,36)(H,34,35,37)/t19-,27-,40+/m0/s1. The summed E-state index contributed by atoms with van der Waals surface area (Å²) in [6.07, 6.45) is -0.435. The van der Waals surface area contributed by atoms with E-state index in [4.69, 9.17) is 26.6 Å². The number of halogens is 2. The van der Waals surface area contributed by atoms with Crippen LogP contribution in [0.25, 0.3) is 0 Å². The predicted molar refractivity (Wildman–Crippen MR) is 150 cm³/mol. The second-order valence-electron chi connectivity index (χ2n) is 11.2. The van der Waals surface area contributed by atoms with E-state index in [0.29, 0.717) is 6.42 Å². The highest BCUT2D eigenvalue weighted by Gasteiger charge is 2.58. The molecule has 0 fully saturated rings. The number of hydrogen-bond acceptors (Lipinski definition) is 8. The van der Waals surface area contributed by atoms with E-state index in [0.717, 1.165) is 6.07 Å². The van der Waals surface area contributed by atoms with Gasteiger partial charge in [0.25, 0.3) is 5.91 Å². The molecule has 2 aromatic rings. The van der Waals surface area contributed by atoms with E-state index < -0.39 is 48.7 Å². The zero-order valence-corrected chi connectivity index (χ0v) is 24.5. The van der Waals surface area contributed by atoms with Crippen molar-refractivity contribution in [2.75, 3.05) is 11.9 Å². The normalized spacial score (nSPS) is 25.1. The molecule has 1 aromatic heterocycles. The zero-order chi connectivity index (χ0) is 29.7. The Morgan fingerprint density at radius 3 is 2.52 bits per heavy atom. The first-order chi connectivity index (χ1) is 18.5. The lowest BCUT2D eigenvalue weighted by molar-refractivity contribution is 0.0560. The number of nitrogens with zero attached hydrogens (tertiary/aromatic N) is 4. The van der Waals surface area contributed by atoms with Crippen molar-refractivity contribution in [1.82, 2.24) is 10.3 Å². The number of carbonyl (C=O) groups excluding carboxylic acids is 2. The summed E-state index contributed by atoms with van der Waals surface area (Å²) < 4.78 is 38.6. The topological polar surface area (TPSA) is 146 Å². The highest BCUT2D eigenvalue weighted by atomic mass is 35.5. The number of ether oxygens (including phenoxy) is 1. The second kappa shape index (κ2) is 10.1. The van der Waals surface area contributed by atoms with Gasteiger partial charge >= 0.3 is 6.09 Å². The molecule has 10 nitrogen and oxygen atoms in total. The number of aromatic nitrogens is 1. The molecule has 4 rings (SSSR count). The first-order valence-electron chi connectivity index (χ1n) is 12.5. The Balaban J connectivity index is 1.77. The van der Waals surface area contributed by atoms with E-state index in [2.05, 4.69) is 20.0 Å². The van der Waals surface area contributed by atoms with Crippen molar-refractivity contribution in [1.29, 1.82) is 5.26 Å². The number of carbonyl (C=O) groups is 2. The molecular weight excluding hydrogens is 559 g/mol. The maximum absolute atomic E-state index is 15.5. The Labute approximate surface area is 237 Å². The number of rotatable bonds is 3. The Morgan fingerprint density at radius 1 is 1.20 bits per heavy atom. The van der Waals surface area contributed by atoms with Crippen molar-refractivity contribution >= 4 is 45.0 Å². The summed E-state index contributed by atoms with van der Waals surface area (Å²) in [5.41, 5.74) is -2.08. The lowest BCUT2D eigenvalue weighted by Crippen LogP contribution is -2.61. The Hall–Kier alpha value is -3.56. The Morgan fingerprint density at radius 2 is 1.90 bits per heavy atom. The van der Waals surface area contributed by atoms with Crippen LogP contribution in [0.5, 0.6) is 0 Å². The van der Waals surface area contributed by atoms with Crippen LogP contribution in [-0.2, 0) is 20.0 Å². The molecule has 2 N–H and O–H groups in total. The third-order valence-electron chi connectivity index (χ3n) is 6.86. The molecule has 2 aliphatic rings. The fourth-order valence-corrected chi connectivity index (χ4v) is 8.29. The van der Waals surface area contributed by atoms with E-state index in [9.17, 15) is 13.8 Å². The number of nitrogens with one attached hydrogen (secondary N) is 2. The fraction of sp³-hybridized carbons (Fsp3) is 0.444. The van der Waals surface area contributed by atoms with Crippen molar-refractivity contribution in [2.24, 2.45) is 9.36 Å². The summed E-state index contributed by atoms with van der Waals surface area (Å²) in [6.45, 7) is 10.3. The molecule has 40 heavy (non-hydrogen) atoms. The number of alkyl carbamates (subject to hydrolysis) is 1. The molecule has 3 atom stereocenters. The van der Waals surface area contributed by atoms with Crippen LogP contribution in [0.3, 0.4) is 0 Å². The van der Waals surface area contributed by atoms with Gasteiger partial charge in [0.05, 0.1) is 37.2 Å². The molecule has 0 radical (unpaired) electrons. The number of benzene rings is 1. The molecule has 0 saturated carbocycles. The number of fused-ring (bicyclic) bond motifs is 1. The van der Waals surface area contributed by atoms with Gasteiger partial charge in [-0.3, -0.25) is 15.1 Å². The van der Waals surface area contributed by atoms with Crippen LogP contribution >= 0.6 is 11.6 Å². The quantitative estimate of drug-likeness (QED) is 0.506. The minimum absolute atomic E-state index is 0.00571. The van der Waals surface area contributed by atoms with Gasteiger partial charge in [-0.1, -0.05) is 11.6 Å². The summed E-state index contributed by atoms with van der Waals surface area (Å²) >= 11 is 6.17. The van der Waals surface area contributed by atoms with Crippen molar-refractivity contribution < 1.29 is 22.9 Å². The second-order valence-corrected chi connectivity index (χ2v) is 14.6. The van der Waals surface area contributed by atoms with E-state index in [1.807, 2.05) is 6.07 Å². The van der Waals surface area contributed by atoms with Gasteiger partial charge < -0.3 is 10.1 Å². The van der Waals surface area contributed by atoms with Gasteiger partial charge in [0, 0.05) is 6.54 Å². The maximum atomic E-state index is 15.5. The first kappa shape index (κ1) is 29.4. The van der Waals surface area contributed by atoms with Gasteiger partial charge in [-0.25, -0.2) is 22.7 Å². The number of anilines is 1. The molecular formula is C27H30ClFN6O4S. The summed E-state index contributed by atoms with van der Waals surface area (Å²) in [6, 6.07) is 8.57. The number of amidine groups is 1. The van der Waals surface area contributed by atoms with Crippen molar-refractivity contribution in [3.63, 3.8) is 0 Å². The Bertz CT molecular complexity index is 1600. The van der Waals surface area contributed by atoms with Gasteiger partial charge in [-0.2, -0.15) is 5.26 Å². The molecule has 2 amide bonds. The SMILES string of the molecule is CC(C)(C)OC(=O)NC1=N[C@](C)(c2nc(NC(=O)c3ccc(C#N)cc3Cl)ccc2F)[C@@H]2CCN=[S@]2(=O)C1(C)C. The van der Waals surface area contributed by atoms with Crippen molar-refractivity contribution in [3.05, 3.63) is 58.0 Å². The minimum atomic E-state index is -3.09. The minimum Gasteiger partial charge on any atom is -0.444 e. The smallest absolute Gasteiger partial charge is 0.413 e. The van der Waals surface area contributed by atoms with Crippen LogP contribution in [0.1, 0.15) is 69.6 Å². The number of amides is 2. The first-order valence-corrected chi connectivity index (χ1v) is 14.5. The molecule has 212 valence electrons. The van der Waals surface area contributed by atoms with Crippen LogP contribution in [0.4, 0.5) is 15.0 Å². The fourth-order valence-electron chi connectivity index (χ4n) is 4.85. The van der Waals surface area contributed by atoms with Gasteiger partial charge in [-0.05, 0) is 78.3 Å². The maximum Gasteiger partial charge on any atom is 0.413 e. The van der Waals surface area contributed by atoms with E-state index >= 15 is 4.39 Å². The van der Waals surface area contributed by atoms with Crippen molar-refractivity contribution in [3.8, 4) is 6.07 Å². The van der Waals surface area contributed by atoms with Gasteiger partial charge in [-0.15, -0.1) is 0 Å². The van der Waals surface area contributed by atoms with Gasteiger partial charge in [0.2, 0.25) is 0 Å². The Kier molecular flexibility index (Phi) is 7.45. The number of nitriles is 1. The number of pyridine rings is 1. The third-order valence-corrected chi connectivity index (χ3v) is 10.9. The van der Waals surface area contributed by atoms with Crippen molar-refractivity contribution in [2.45, 2.75) is 69.1 Å². The molecule has 0 aliphatic carbocycles. The molecule has 1 aromatic carbocycles. The highest BCUT2D eigenvalue weighted by molar-refractivity contribution is 7.96. The molecule has 2 aliphatic heterocycles. The van der Waals surface area contributed by atoms with E-state index in [-0.39, 0.29) is 40.0 Å². The summed E-state index contributed by atoms with van der Waals surface area (Å²) in [4.78, 5) is 34.8. The lowest BCUT2D eigenvalue weighted by atomic mass is 9.89. The van der Waals surface area contributed by atoms with E-state index in [1.165, 1.54) is 24.3 Å². The van der Waals surface area contributed by atoms with Gasteiger partial charge in [0.15, 0.2) is 0 Å². The number of aliphatic imine (C=N–C) groups is 1. The van der Waals surface area contributed by atoms with Crippen LogP contribution < -0.4 is 10.6 Å². The summed E-state index contributed by atoms with van der Waals surface area (Å²) in [5.74, 6) is -1.31. The third kappa shape index (κ3) is 5.15.